The summed E-state index contributed by atoms with van der Waals surface area (Å²) in [6.07, 6.45) is 5.07. The molecule has 0 aromatic carbocycles. The summed E-state index contributed by atoms with van der Waals surface area (Å²) in [5.41, 5.74) is 1.42. The van der Waals surface area contributed by atoms with Crippen LogP contribution in [0.1, 0.15) is 22.1 Å². The lowest BCUT2D eigenvalue weighted by Crippen LogP contribution is -2.39. The van der Waals surface area contributed by atoms with Crippen LogP contribution in [0.25, 0.3) is 0 Å². The van der Waals surface area contributed by atoms with Gasteiger partial charge in [-0.2, -0.15) is 5.10 Å². The minimum absolute atomic E-state index is 0.0724. The van der Waals surface area contributed by atoms with Gasteiger partial charge in [0, 0.05) is 31.7 Å². The van der Waals surface area contributed by atoms with E-state index in [0.717, 1.165) is 17.3 Å². The lowest BCUT2D eigenvalue weighted by Gasteiger charge is -2.27. The lowest BCUT2D eigenvalue weighted by atomic mass is 10.3. The number of carbonyl (C=O) groups excluding carboxylic acids is 1. The third kappa shape index (κ3) is 2.71. The molecule has 0 fully saturated rings. The molecule has 3 aromatic rings. The predicted molar refractivity (Wildman–Crippen MR) is 84.9 cm³/mol. The van der Waals surface area contributed by atoms with Crippen molar-refractivity contribution in [2.75, 3.05) is 11.9 Å². The van der Waals surface area contributed by atoms with Crippen molar-refractivity contribution in [3.05, 3.63) is 54.1 Å². The van der Waals surface area contributed by atoms with Crippen molar-refractivity contribution in [1.82, 2.24) is 34.8 Å². The zero-order valence-electron chi connectivity index (χ0n) is 12.9. The molecule has 1 amide bonds. The molecule has 4 rings (SSSR count). The van der Waals surface area contributed by atoms with E-state index in [-0.39, 0.29) is 5.91 Å². The van der Waals surface area contributed by atoms with E-state index in [4.69, 9.17) is 0 Å². The molecule has 1 aliphatic heterocycles. The molecule has 2 N–H and O–H groups in total. The van der Waals surface area contributed by atoms with Gasteiger partial charge in [0.15, 0.2) is 11.6 Å². The molecule has 0 aliphatic carbocycles. The summed E-state index contributed by atoms with van der Waals surface area (Å²) in [4.78, 5) is 18.2. The lowest BCUT2D eigenvalue weighted by molar-refractivity contribution is 0.0700. The third-order valence-electron chi connectivity index (χ3n) is 3.96. The van der Waals surface area contributed by atoms with E-state index in [0.29, 0.717) is 31.9 Å². The average Bonchev–Trinajstić information content (AvgIpc) is 3.30. The molecule has 0 bridgehead atoms. The molecule has 0 saturated carbocycles. The van der Waals surface area contributed by atoms with Crippen molar-refractivity contribution in [3.8, 4) is 0 Å². The van der Waals surface area contributed by atoms with Crippen LogP contribution in [-0.4, -0.2) is 47.3 Å². The highest BCUT2D eigenvalue weighted by atomic mass is 16.2. The number of aromatic nitrogens is 6. The highest BCUT2D eigenvalue weighted by molar-refractivity contribution is 5.92. The predicted octanol–water partition coefficient (Wildman–Crippen LogP) is 0.664. The number of carbonyl (C=O) groups is 1. The third-order valence-corrected chi connectivity index (χ3v) is 3.96. The molecule has 0 radical (unpaired) electrons. The van der Waals surface area contributed by atoms with Crippen LogP contribution in [0, 0.1) is 0 Å². The molecule has 1 aliphatic rings. The molecule has 0 saturated heterocycles. The summed E-state index contributed by atoms with van der Waals surface area (Å²) >= 11 is 0. The van der Waals surface area contributed by atoms with Gasteiger partial charge < -0.3 is 14.8 Å². The Kier molecular flexibility index (Phi) is 3.66. The number of hydrogen-bond acceptors (Lipinski definition) is 6. The topological polar surface area (TPSA) is 105 Å². The summed E-state index contributed by atoms with van der Waals surface area (Å²) in [6.45, 7) is 2.29. The molecular formula is C15H16N8O. The number of nitrogens with one attached hydrogen (secondary N) is 2. The Morgan fingerprint density at radius 1 is 1.25 bits per heavy atom. The summed E-state index contributed by atoms with van der Waals surface area (Å²) in [6, 6.07) is 5.50. The standard InChI is InChI=1S/C15H16N8O/c24-15(12-3-5-18-19-12)22-6-7-23-13(20-21-14(23)10-22)9-17-11-2-1-4-16-8-11/h1-5,8,17H,6-7,9-10H2,(H,18,19). The van der Waals surface area contributed by atoms with Crippen LogP contribution in [0.4, 0.5) is 5.69 Å². The normalized spacial score (nSPS) is 13.6. The molecule has 0 atom stereocenters. The minimum atomic E-state index is -0.0724. The summed E-state index contributed by atoms with van der Waals surface area (Å²) in [5, 5.41) is 18.3. The summed E-state index contributed by atoms with van der Waals surface area (Å²) in [5.74, 6) is 1.57. The average molecular weight is 324 g/mol. The van der Waals surface area contributed by atoms with Gasteiger partial charge in [0.05, 0.1) is 18.8 Å². The Hall–Kier alpha value is -3.23. The highest BCUT2D eigenvalue weighted by Gasteiger charge is 2.25. The number of aromatic amines is 1. The molecule has 0 spiro atoms. The number of amides is 1. The maximum absolute atomic E-state index is 12.4. The summed E-state index contributed by atoms with van der Waals surface area (Å²) in [7, 11) is 0. The first kappa shape index (κ1) is 14.4. The van der Waals surface area contributed by atoms with Gasteiger partial charge in [0.1, 0.15) is 5.69 Å². The number of rotatable bonds is 4. The fraction of sp³-hybridized carbons (Fsp3) is 0.267. The van der Waals surface area contributed by atoms with Crippen LogP contribution in [-0.2, 0) is 19.6 Å². The number of pyridine rings is 1. The van der Waals surface area contributed by atoms with E-state index in [2.05, 4.69) is 35.3 Å². The van der Waals surface area contributed by atoms with Crippen LogP contribution in [0.2, 0.25) is 0 Å². The van der Waals surface area contributed by atoms with E-state index >= 15 is 0 Å². The number of anilines is 1. The van der Waals surface area contributed by atoms with Gasteiger partial charge in [-0.3, -0.25) is 14.9 Å². The Balaban J connectivity index is 1.44. The van der Waals surface area contributed by atoms with Gasteiger partial charge in [-0.1, -0.05) is 0 Å². The van der Waals surface area contributed by atoms with E-state index < -0.39 is 0 Å². The largest absolute Gasteiger partial charge is 0.376 e. The van der Waals surface area contributed by atoms with Gasteiger partial charge in [-0.25, -0.2) is 0 Å². The zero-order valence-corrected chi connectivity index (χ0v) is 12.9. The summed E-state index contributed by atoms with van der Waals surface area (Å²) < 4.78 is 2.06. The fourth-order valence-corrected chi connectivity index (χ4v) is 2.72. The Morgan fingerprint density at radius 2 is 2.21 bits per heavy atom. The van der Waals surface area contributed by atoms with Gasteiger partial charge in [-0.05, 0) is 18.2 Å². The monoisotopic (exact) mass is 324 g/mol. The smallest absolute Gasteiger partial charge is 0.272 e. The number of fused-ring (bicyclic) bond motifs is 1. The van der Waals surface area contributed by atoms with Crippen LogP contribution >= 0.6 is 0 Å². The van der Waals surface area contributed by atoms with Crippen molar-refractivity contribution < 1.29 is 4.79 Å². The van der Waals surface area contributed by atoms with Crippen molar-refractivity contribution in [3.63, 3.8) is 0 Å². The second-order valence-corrected chi connectivity index (χ2v) is 5.48. The second kappa shape index (κ2) is 6.11. The first-order valence-electron chi connectivity index (χ1n) is 7.65. The molecule has 3 aromatic heterocycles. The molecule has 9 nitrogen and oxygen atoms in total. The fourth-order valence-electron chi connectivity index (χ4n) is 2.72. The van der Waals surface area contributed by atoms with Crippen molar-refractivity contribution >= 4 is 11.6 Å². The van der Waals surface area contributed by atoms with Gasteiger partial charge in [0.25, 0.3) is 5.91 Å². The molecule has 9 heteroatoms. The Labute approximate surface area is 137 Å². The molecule has 24 heavy (non-hydrogen) atoms. The highest BCUT2D eigenvalue weighted by Crippen LogP contribution is 2.15. The number of hydrogen-bond donors (Lipinski definition) is 2. The molecular weight excluding hydrogens is 308 g/mol. The maximum Gasteiger partial charge on any atom is 0.272 e. The van der Waals surface area contributed by atoms with Gasteiger partial charge >= 0.3 is 0 Å². The first-order valence-corrected chi connectivity index (χ1v) is 7.65. The minimum Gasteiger partial charge on any atom is -0.376 e. The SMILES string of the molecule is O=C(c1ccn[nH]1)N1CCn2c(CNc3cccnc3)nnc2C1. The maximum atomic E-state index is 12.4. The van der Waals surface area contributed by atoms with E-state index in [9.17, 15) is 4.79 Å². The zero-order chi connectivity index (χ0) is 16.4. The van der Waals surface area contributed by atoms with Crippen LogP contribution in [0.15, 0.2) is 36.8 Å². The first-order chi connectivity index (χ1) is 11.8. The quantitative estimate of drug-likeness (QED) is 0.731. The molecule has 4 heterocycles. The van der Waals surface area contributed by atoms with Crippen molar-refractivity contribution in [2.45, 2.75) is 19.6 Å². The Morgan fingerprint density at radius 3 is 3.00 bits per heavy atom. The van der Waals surface area contributed by atoms with Crippen LogP contribution < -0.4 is 5.32 Å². The van der Waals surface area contributed by atoms with Crippen LogP contribution in [0.3, 0.4) is 0 Å². The van der Waals surface area contributed by atoms with Gasteiger partial charge in [0.2, 0.25) is 0 Å². The van der Waals surface area contributed by atoms with E-state index in [1.165, 1.54) is 0 Å². The second-order valence-electron chi connectivity index (χ2n) is 5.48. The molecule has 0 unspecified atom stereocenters. The Bertz CT molecular complexity index is 827. The van der Waals surface area contributed by atoms with Gasteiger partial charge in [-0.15, -0.1) is 10.2 Å². The van der Waals surface area contributed by atoms with Crippen molar-refractivity contribution in [1.29, 1.82) is 0 Å². The number of H-pyrrole nitrogens is 1. The van der Waals surface area contributed by atoms with E-state index in [1.807, 2.05) is 12.1 Å². The molecule has 122 valence electrons. The van der Waals surface area contributed by atoms with Crippen LogP contribution in [0.5, 0.6) is 0 Å². The van der Waals surface area contributed by atoms with E-state index in [1.54, 1.807) is 29.6 Å². The number of nitrogens with zero attached hydrogens (tertiary/aromatic N) is 6. The van der Waals surface area contributed by atoms with Crippen molar-refractivity contribution in [2.24, 2.45) is 0 Å².